The van der Waals surface area contributed by atoms with Gasteiger partial charge in [-0.05, 0) is 49.7 Å². The molecule has 3 N–H and O–H groups in total. The molecule has 8 nitrogen and oxygen atoms in total. The van der Waals surface area contributed by atoms with Crippen LogP contribution in [0.25, 0.3) is 0 Å². The molecule has 1 aromatic rings. The summed E-state index contributed by atoms with van der Waals surface area (Å²) in [6, 6.07) is 7.05. The summed E-state index contributed by atoms with van der Waals surface area (Å²) in [5.41, 5.74) is 7.22. The van der Waals surface area contributed by atoms with Crippen LogP contribution < -0.4 is 11.1 Å². The van der Waals surface area contributed by atoms with Crippen molar-refractivity contribution in [3.8, 4) is 0 Å². The summed E-state index contributed by atoms with van der Waals surface area (Å²) in [5.74, 6) is 1.01. The summed E-state index contributed by atoms with van der Waals surface area (Å²) >= 11 is 1.65. The number of thioether (sulfide) groups is 1. The van der Waals surface area contributed by atoms with Crippen molar-refractivity contribution in [2.75, 3.05) is 32.4 Å². The zero-order valence-electron chi connectivity index (χ0n) is 15.5. The van der Waals surface area contributed by atoms with Crippen molar-refractivity contribution >= 4 is 23.6 Å². The fourth-order valence-electron chi connectivity index (χ4n) is 3.42. The summed E-state index contributed by atoms with van der Waals surface area (Å²) in [6.45, 7) is 3.21. The molecule has 0 amide bonds. The molecule has 27 heavy (non-hydrogen) atoms. The number of guanidine groups is 1. The van der Waals surface area contributed by atoms with E-state index in [0.29, 0.717) is 25.0 Å². The third-order valence-corrected chi connectivity index (χ3v) is 5.86. The highest BCUT2D eigenvalue weighted by molar-refractivity contribution is 7.98. The van der Waals surface area contributed by atoms with E-state index in [2.05, 4.69) is 15.3 Å². The van der Waals surface area contributed by atoms with E-state index in [-0.39, 0.29) is 17.3 Å². The topological polar surface area (TPSA) is 109 Å². The molecule has 2 aliphatic rings. The quantitative estimate of drug-likeness (QED) is 0.434. The molecule has 9 heteroatoms. The average Bonchev–Trinajstić information content (AvgIpc) is 2.69. The first-order valence-corrected chi connectivity index (χ1v) is 10.4. The number of nitrogens with zero attached hydrogens (tertiary/aromatic N) is 4. The Hall–Kier alpha value is -2.13. The second-order valence-corrected chi connectivity index (χ2v) is 7.70. The minimum Gasteiger partial charge on any atom is -0.369 e. The van der Waals surface area contributed by atoms with Crippen molar-refractivity contribution in [1.29, 1.82) is 0 Å². The van der Waals surface area contributed by atoms with Gasteiger partial charge in [-0.25, -0.2) is 0 Å². The number of rotatable bonds is 6. The third kappa shape index (κ3) is 4.98. The van der Waals surface area contributed by atoms with Gasteiger partial charge >= 0.3 is 0 Å². The minimum absolute atomic E-state index is 0.191. The predicted molar refractivity (Wildman–Crippen MR) is 109 cm³/mol. The maximum Gasteiger partial charge on any atom is 0.288 e. The summed E-state index contributed by atoms with van der Waals surface area (Å²) in [4.78, 5) is 23.0. The molecule has 0 aliphatic carbocycles. The van der Waals surface area contributed by atoms with E-state index in [4.69, 9.17) is 5.73 Å². The van der Waals surface area contributed by atoms with E-state index >= 15 is 0 Å². The first-order chi connectivity index (χ1) is 13.1. The molecule has 1 atom stereocenters. The van der Waals surface area contributed by atoms with Gasteiger partial charge in [0.2, 0.25) is 5.84 Å². The van der Waals surface area contributed by atoms with Crippen LogP contribution in [0.1, 0.15) is 18.4 Å². The van der Waals surface area contributed by atoms with E-state index < -0.39 is 6.04 Å². The lowest BCUT2D eigenvalue weighted by molar-refractivity contribution is -0.503. The van der Waals surface area contributed by atoms with Crippen molar-refractivity contribution in [1.82, 2.24) is 10.2 Å². The Morgan fingerprint density at radius 3 is 2.85 bits per heavy atom. The SMILES string of the molecule is CSc1ccccc1CN1CC([N+](=O)[O-])C(=NCC2CCNCC2)N=C1N. The van der Waals surface area contributed by atoms with Crippen LogP contribution in [0, 0.1) is 16.0 Å². The zero-order chi connectivity index (χ0) is 19.2. The summed E-state index contributed by atoms with van der Waals surface area (Å²) in [7, 11) is 0. The number of nitrogens with two attached hydrogens (primary N) is 1. The monoisotopic (exact) mass is 390 g/mol. The molecule has 1 saturated heterocycles. The van der Waals surface area contributed by atoms with Gasteiger partial charge in [0.1, 0.15) is 0 Å². The van der Waals surface area contributed by atoms with Crippen molar-refractivity contribution in [2.24, 2.45) is 21.6 Å². The van der Waals surface area contributed by atoms with Gasteiger partial charge < -0.3 is 16.0 Å². The fourth-order valence-corrected chi connectivity index (χ4v) is 4.03. The van der Waals surface area contributed by atoms with Gasteiger partial charge in [0.15, 0.2) is 5.96 Å². The molecule has 1 fully saturated rings. The lowest BCUT2D eigenvalue weighted by atomic mass is 9.98. The Bertz CT molecular complexity index is 732. The van der Waals surface area contributed by atoms with Crippen LogP contribution >= 0.6 is 11.8 Å². The number of hydrogen-bond acceptors (Lipinski definition) is 7. The van der Waals surface area contributed by atoms with Gasteiger partial charge in [-0.2, -0.15) is 4.99 Å². The predicted octanol–water partition coefficient (Wildman–Crippen LogP) is 1.58. The Morgan fingerprint density at radius 2 is 2.15 bits per heavy atom. The zero-order valence-corrected chi connectivity index (χ0v) is 16.3. The van der Waals surface area contributed by atoms with Crippen LogP contribution in [0.3, 0.4) is 0 Å². The van der Waals surface area contributed by atoms with Gasteiger partial charge in [-0.15, -0.1) is 11.8 Å². The standard InChI is InChI=1S/C18H26N6O2S/c1-27-16-5-3-2-4-14(16)11-23-12-15(24(25)26)17(22-18(23)19)21-10-13-6-8-20-9-7-13/h2-5,13,15,20H,6-12H2,1H3,(H2,19,21,22). The molecule has 1 aromatic carbocycles. The Labute approximate surface area is 163 Å². The lowest BCUT2D eigenvalue weighted by Crippen LogP contribution is -2.51. The van der Waals surface area contributed by atoms with Gasteiger partial charge in [0.05, 0.1) is 6.54 Å². The summed E-state index contributed by atoms with van der Waals surface area (Å²) < 4.78 is 0. The number of amidine groups is 1. The maximum absolute atomic E-state index is 11.6. The highest BCUT2D eigenvalue weighted by atomic mass is 32.2. The van der Waals surface area contributed by atoms with Crippen molar-refractivity contribution < 1.29 is 4.92 Å². The molecule has 0 aromatic heterocycles. The number of benzene rings is 1. The number of nitrogens with one attached hydrogen (secondary N) is 1. The number of hydrogen-bond donors (Lipinski definition) is 2. The second kappa shape index (κ2) is 9.18. The van der Waals surface area contributed by atoms with E-state index in [1.165, 1.54) is 0 Å². The molecular weight excluding hydrogens is 364 g/mol. The molecule has 0 saturated carbocycles. The highest BCUT2D eigenvalue weighted by Crippen LogP contribution is 2.22. The van der Waals surface area contributed by atoms with Crippen LogP contribution in [0.15, 0.2) is 39.1 Å². The lowest BCUT2D eigenvalue weighted by Gasteiger charge is -2.29. The smallest absolute Gasteiger partial charge is 0.288 e. The van der Waals surface area contributed by atoms with Crippen LogP contribution in [-0.2, 0) is 6.54 Å². The Morgan fingerprint density at radius 1 is 1.41 bits per heavy atom. The first-order valence-electron chi connectivity index (χ1n) is 9.18. The molecule has 2 aliphatic heterocycles. The minimum atomic E-state index is -0.944. The first kappa shape index (κ1) is 19.6. The number of aliphatic imine (C=N–C) groups is 2. The van der Waals surface area contributed by atoms with E-state index in [1.54, 1.807) is 16.7 Å². The van der Waals surface area contributed by atoms with Gasteiger partial charge in [-0.3, -0.25) is 15.1 Å². The van der Waals surface area contributed by atoms with Crippen LogP contribution in [0.2, 0.25) is 0 Å². The molecule has 2 heterocycles. The molecule has 0 spiro atoms. The Balaban J connectivity index is 1.76. The van der Waals surface area contributed by atoms with Gasteiger partial charge in [0, 0.05) is 22.9 Å². The van der Waals surface area contributed by atoms with Gasteiger partial charge in [-0.1, -0.05) is 18.2 Å². The van der Waals surface area contributed by atoms with Crippen LogP contribution in [-0.4, -0.2) is 60.1 Å². The van der Waals surface area contributed by atoms with Crippen LogP contribution in [0.4, 0.5) is 0 Å². The third-order valence-electron chi connectivity index (χ3n) is 5.02. The van der Waals surface area contributed by atoms with Crippen molar-refractivity contribution in [3.63, 3.8) is 0 Å². The molecule has 3 rings (SSSR count). The Kier molecular flexibility index (Phi) is 6.68. The normalized spacial score (nSPS) is 22.7. The number of nitro groups is 1. The average molecular weight is 391 g/mol. The van der Waals surface area contributed by atoms with Crippen molar-refractivity contribution in [2.45, 2.75) is 30.3 Å². The molecule has 146 valence electrons. The highest BCUT2D eigenvalue weighted by Gasteiger charge is 2.35. The molecule has 0 radical (unpaired) electrons. The second-order valence-electron chi connectivity index (χ2n) is 6.86. The van der Waals surface area contributed by atoms with Crippen LogP contribution in [0.5, 0.6) is 0 Å². The van der Waals surface area contributed by atoms with Crippen molar-refractivity contribution in [3.05, 3.63) is 39.9 Å². The molecular formula is C18H26N6O2S. The summed E-state index contributed by atoms with van der Waals surface area (Å²) in [5, 5.41) is 14.9. The van der Waals surface area contributed by atoms with E-state index in [9.17, 15) is 10.1 Å². The van der Waals surface area contributed by atoms with E-state index in [1.807, 2.05) is 30.5 Å². The van der Waals surface area contributed by atoms with E-state index in [0.717, 1.165) is 36.4 Å². The van der Waals surface area contributed by atoms with Gasteiger partial charge in [0.25, 0.3) is 6.04 Å². The maximum atomic E-state index is 11.6. The molecule has 1 unspecified atom stereocenters. The molecule has 0 bridgehead atoms. The number of piperidine rings is 1. The largest absolute Gasteiger partial charge is 0.369 e. The fraction of sp³-hybridized carbons (Fsp3) is 0.556. The summed E-state index contributed by atoms with van der Waals surface area (Å²) in [6.07, 6.45) is 4.09.